The molecule has 3 aromatic heterocycles. The number of aryl methyl sites for hydroxylation is 2. The average molecular weight is 633 g/mol. The largest absolute Gasteiger partial charge is 0.457 e. The number of rotatable bonds is 8. The molecule has 0 aliphatic carbocycles. The molecule has 11 nitrogen and oxygen atoms in total. The van der Waals surface area contributed by atoms with Crippen molar-refractivity contribution in [1.82, 2.24) is 33.9 Å². The lowest BCUT2D eigenvalue weighted by atomic mass is 9.90. The van der Waals surface area contributed by atoms with Crippen LogP contribution in [0.25, 0.3) is 16.6 Å². The number of imidazole rings is 1. The van der Waals surface area contributed by atoms with Gasteiger partial charge in [-0.15, -0.1) is 0 Å². The Balaban J connectivity index is 0.909. The number of likely N-dealkylation sites (tertiary alicyclic amines) is 2. The standard InChI is InChI=1S/C36H40N8O3/c1-24-16-28(5-8-33(24)47-29-6-7-32-31(17-29)38-23-41(32)2)40-36-35-30(11-15-44(35)39-22-37-36)25-9-13-43(14-10-25)34(45)4-3-12-42-18-26-20-46-21-27(26)19-42/h3-8,11,15-17,22-23,25-27H,9-10,12-14,18-21H2,1-2H3,(H,37,39,40)/b4-3+. The van der Waals surface area contributed by atoms with Gasteiger partial charge in [0.1, 0.15) is 23.3 Å². The minimum atomic E-state index is 0.110. The van der Waals surface area contributed by atoms with Crippen LogP contribution in [0.3, 0.4) is 0 Å². The molecule has 2 unspecified atom stereocenters. The molecule has 0 radical (unpaired) electrons. The van der Waals surface area contributed by atoms with Crippen LogP contribution in [0.1, 0.15) is 29.9 Å². The van der Waals surface area contributed by atoms with E-state index in [2.05, 4.69) is 37.4 Å². The summed E-state index contributed by atoms with van der Waals surface area (Å²) in [4.78, 5) is 26.5. The molecule has 2 atom stereocenters. The van der Waals surface area contributed by atoms with E-state index >= 15 is 0 Å². The first-order chi connectivity index (χ1) is 23.0. The predicted molar refractivity (Wildman–Crippen MR) is 180 cm³/mol. The average Bonchev–Trinajstić information content (AvgIpc) is 3.87. The monoisotopic (exact) mass is 632 g/mol. The molecule has 5 aromatic rings. The van der Waals surface area contributed by atoms with Gasteiger partial charge in [-0.25, -0.2) is 14.5 Å². The summed E-state index contributed by atoms with van der Waals surface area (Å²) in [6.45, 7) is 8.25. The first kappa shape index (κ1) is 29.6. The maximum atomic E-state index is 13.0. The summed E-state index contributed by atoms with van der Waals surface area (Å²) in [5, 5.41) is 8.02. The number of carbonyl (C=O) groups excluding carboxylic acids is 1. The van der Waals surface area contributed by atoms with Crippen LogP contribution >= 0.6 is 0 Å². The van der Waals surface area contributed by atoms with Crippen LogP contribution < -0.4 is 10.1 Å². The van der Waals surface area contributed by atoms with E-state index in [1.807, 2.05) is 70.6 Å². The van der Waals surface area contributed by atoms with Crippen molar-refractivity contribution >= 4 is 34.0 Å². The third-order valence-electron chi connectivity index (χ3n) is 10.0. The fourth-order valence-corrected chi connectivity index (χ4v) is 7.44. The Morgan fingerprint density at radius 3 is 2.70 bits per heavy atom. The molecule has 3 fully saturated rings. The SMILES string of the molecule is Cc1cc(Nc2ncnn3ccc(C4CCN(C(=O)/C=C/CN5CC6COCC6C5)CC4)c23)ccc1Oc1ccc2c(c1)ncn2C. The number of hydrogen-bond donors (Lipinski definition) is 1. The highest BCUT2D eigenvalue weighted by molar-refractivity contribution is 5.87. The third-order valence-corrected chi connectivity index (χ3v) is 10.0. The molecule has 0 spiro atoms. The molecule has 8 rings (SSSR count). The highest BCUT2D eigenvalue weighted by atomic mass is 16.5. The van der Waals surface area contributed by atoms with Gasteiger partial charge >= 0.3 is 0 Å². The van der Waals surface area contributed by atoms with Gasteiger partial charge in [0, 0.05) is 75.6 Å². The van der Waals surface area contributed by atoms with Crippen LogP contribution in [0.5, 0.6) is 11.5 Å². The molecule has 3 saturated heterocycles. The zero-order valence-electron chi connectivity index (χ0n) is 26.9. The summed E-state index contributed by atoms with van der Waals surface area (Å²) in [6.07, 6.45) is 11.0. The van der Waals surface area contributed by atoms with E-state index < -0.39 is 0 Å². The van der Waals surface area contributed by atoms with Gasteiger partial charge in [0.2, 0.25) is 5.91 Å². The van der Waals surface area contributed by atoms with E-state index in [-0.39, 0.29) is 5.91 Å². The minimum Gasteiger partial charge on any atom is -0.457 e. The van der Waals surface area contributed by atoms with Crippen molar-refractivity contribution in [2.45, 2.75) is 25.7 Å². The van der Waals surface area contributed by atoms with Crippen LogP contribution in [-0.4, -0.2) is 85.8 Å². The second-order valence-corrected chi connectivity index (χ2v) is 13.2. The number of piperidine rings is 1. The molecule has 242 valence electrons. The van der Waals surface area contributed by atoms with Gasteiger partial charge < -0.3 is 24.3 Å². The molecule has 6 heterocycles. The van der Waals surface area contributed by atoms with Crippen molar-refractivity contribution in [1.29, 1.82) is 0 Å². The van der Waals surface area contributed by atoms with Crippen molar-refractivity contribution in [3.63, 3.8) is 0 Å². The van der Waals surface area contributed by atoms with Crippen LogP contribution in [0.2, 0.25) is 0 Å². The summed E-state index contributed by atoms with van der Waals surface area (Å²) < 4.78 is 15.7. The first-order valence-electron chi connectivity index (χ1n) is 16.5. The number of hydrogen-bond acceptors (Lipinski definition) is 8. The van der Waals surface area contributed by atoms with Gasteiger partial charge in [-0.05, 0) is 73.2 Å². The Morgan fingerprint density at radius 2 is 1.89 bits per heavy atom. The third kappa shape index (κ3) is 5.96. The zero-order valence-corrected chi connectivity index (χ0v) is 26.9. The quantitative estimate of drug-likeness (QED) is 0.230. The molecular formula is C36H40N8O3. The Kier molecular flexibility index (Phi) is 7.86. The van der Waals surface area contributed by atoms with Crippen LogP contribution in [0.4, 0.5) is 11.5 Å². The normalized spacial score (nSPS) is 20.5. The van der Waals surface area contributed by atoms with Crippen molar-refractivity contribution in [3.05, 3.63) is 84.6 Å². The van der Waals surface area contributed by atoms with Crippen molar-refractivity contribution < 1.29 is 14.3 Å². The molecule has 0 saturated carbocycles. The highest BCUT2D eigenvalue weighted by Gasteiger charge is 2.36. The summed E-state index contributed by atoms with van der Waals surface area (Å²) in [5.41, 5.74) is 6.06. The summed E-state index contributed by atoms with van der Waals surface area (Å²) >= 11 is 0. The molecule has 11 heteroatoms. The molecule has 2 aromatic carbocycles. The van der Waals surface area contributed by atoms with Gasteiger partial charge in [0.15, 0.2) is 5.82 Å². The number of benzene rings is 2. The minimum absolute atomic E-state index is 0.110. The lowest BCUT2D eigenvalue weighted by Gasteiger charge is -2.31. The van der Waals surface area contributed by atoms with E-state index in [0.29, 0.717) is 17.8 Å². The molecule has 0 bridgehead atoms. The van der Waals surface area contributed by atoms with E-state index in [1.54, 1.807) is 18.7 Å². The van der Waals surface area contributed by atoms with Gasteiger partial charge in [0.25, 0.3) is 0 Å². The van der Waals surface area contributed by atoms with Crippen molar-refractivity contribution in [2.24, 2.45) is 18.9 Å². The van der Waals surface area contributed by atoms with Gasteiger partial charge in [-0.2, -0.15) is 5.10 Å². The van der Waals surface area contributed by atoms with E-state index in [9.17, 15) is 4.79 Å². The topological polar surface area (TPSA) is 102 Å². The number of aromatic nitrogens is 5. The van der Waals surface area contributed by atoms with E-state index in [4.69, 9.17) is 9.47 Å². The predicted octanol–water partition coefficient (Wildman–Crippen LogP) is 5.30. The van der Waals surface area contributed by atoms with E-state index in [1.165, 1.54) is 5.56 Å². The Labute approximate surface area is 273 Å². The summed E-state index contributed by atoms with van der Waals surface area (Å²) in [5.74, 6) is 4.04. The molecule has 3 aliphatic heterocycles. The van der Waals surface area contributed by atoms with Crippen molar-refractivity contribution in [3.8, 4) is 11.5 Å². The molecule has 3 aliphatic rings. The molecule has 1 N–H and O–H groups in total. The molecule has 47 heavy (non-hydrogen) atoms. The summed E-state index contributed by atoms with van der Waals surface area (Å²) in [7, 11) is 1.98. The maximum absolute atomic E-state index is 13.0. The highest BCUT2D eigenvalue weighted by Crippen LogP contribution is 2.36. The van der Waals surface area contributed by atoms with Crippen LogP contribution in [0.15, 0.2) is 73.5 Å². The van der Waals surface area contributed by atoms with Gasteiger partial charge in [-0.1, -0.05) is 6.08 Å². The van der Waals surface area contributed by atoms with Crippen molar-refractivity contribution in [2.75, 3.05) is 51.3 Å². The Morgan fingerprint density at radius 1 is 1.06 bits per heavy atom. The fraction of sp³-hybridized carbons (Fsp3) is 0.389. The lowest BCUT2D eigenvalue weighted by molar-refractivity contribution is -0.127. The van der Waals surface area contributed by atoms with E-state index in [0.717, 1.165) is 104 Å². The smallest absolute Gasteiger partial charge is 0.246 e. The van der Waals surface area contributed by atoms with Gasteiger partial charge in [0.05, 0.1) is 30.6 Å². The number of nitrogens with zero attached hydrogens (tertiary/aromatic N) is 7. The zero-order chi connectivity index (χ0) is 31.9. The number of amides is 1. The van der Waals surface area contributed by atoms with Gasteiger partial charge in [-0.3, -0.25) is 9.69 Å². The molecular weight excluding hydrogens is 592 g/mol. The van der Waals surface area contributed by atoms with Crippen LogP contribution in [0, 0.1) is 18.8 Å². The van der Waals surface area contributed by atoms with Crippen LogP contribution in [-0.2, 0) is 16.6 Å². The second kappa shape index (κ2) is 12.5. The number of ether oxygens (including phenoxy) is 2. The number of anilines is 2. The maximum Gasteiger partial charge on any atom is 0.246 e. The fourth-order valence-electron chi connectivity index (χ4n) is 7.44. The summed E-state index contributed by atoms with van der Waals surface area (Å²) in [6, 6.07) is 14.1. The Hall–Kier alpha value is -4.74. The number of nitrogens with one attached hydrogen (secondary N) is 1. The molecule has 1 amide bonds. The number of fused-ring (bicyclic) bond motifs is 3. The number of carbonyl (C=O) groups is 1. The Bertz CT molecular complexity index is 1940. The first-order valence-corrected chi connectivity index (χ1v) is 16.5. The second-order valence-electron chi connectivity index (χ2n) is 13.2. The lowest BCUT2D eigenvalue weighted by Crippen LogP contribution is -2.37.